The van der Waals surface area contributed by atoms with Gasteiger partial charge in [-0.05, 0) is 25.5 Å². The fourth-order valence-electron chi connectivity index (χ4n) is 3.16. The van der Waals surface area contributed by atoms with Crippen LogP contribution in [0.2, 0.25) is 0 Å². The van der Waals surface area contributed by atoms with Gasteiger partial charge in [0.05, 0.1) is 0 Å². The molecule has 2 N–H and O–H groups in total. The number of guanidine groups is 1. The summed E-state index contributed by atoms with van der Waals surface area (Å²) in [5.74, 6) is 1.71. The second-order valence-corrected chi connectivity index (χ2v) is 6.47. The van der Waals surface area contributed by atoms with Gasteiger partial charge in [0.2, 0.25) is 5.91 Å². The van der Waals surface area contributed by atoms with E-state index in [1.807, 2.05) is 53.6 Å². The van der Waals surface area contributed by atoms with Crippen LogP contribution in [-0.2, 0) is 11.3 Å². The average Bonchev–Trinajstić information content (AvgIpc) is 3.36. The summed E-state index contributed by atoms with van der Waals surface area (Å²) in [6.45, 7) is 6.63. The van der Waals surface area contributed by atoms with Crippen LogP contribution in [0.5, 0.6) is 0 Å². The highest BCUT2D eigenvalue weighted by atomic mass is 127. The molecule has 1 aliphatic heterocycles. The van der Waals surface area contributed by atoms with Crippen LogP contribution in [0.25, 0.3) is 5.69 Å². The highest BCUT2D eigenvalue weighted by Gasteiger charge is 2.25. The number of benzene rings is 1. The Morgan fingerprint density at radius 1 is 1.29 bits per heavy atom. The molecule has 1 unspecified atom stereocenters. The van der Waals surface area contributed by atoms with Crippen LogP contribution in [0.4, 0.5) is 0 Å². The standard InChI is InChI=1S/C19H27N7O.HI/c1-3-18(27)25-11-10-15(13-25)23-19(20-4-2)21-12-17-24-22-14-26(17)16-8-6-5-7-9-16;/h5-9,14-15H,3-4,10-13H2,1-2H3,(H2,20,21,23);1H. The normalized spacial score (nSPS) is 16.6. The number of para-hydroxylation sites is 1. The van der Waals surface area contributed by atoms with Crippen LogP contribution in [0, 0.1) is 0 Å². The number of carbonyl (C=O) groups is 1. The highest BCUT2D eigenvalue weighted by Crippen LogP contribution is 2.11. The minimum atomic E-state index is 0. The molecule has 0 saturated carbocycles. The number of hydrogen-bond donors (Lipinski definition) is 2. The van der Waals surface area contributed by atoms with Crippen molar-refractivity contribution in [3.05, 3.63) is 42.5 Å². The number of nitrogens with zero attached hydrogens (tertiary/aromatic N) is 5. The summed E-state index contributed by atoms with van der Waals surface area (Å²) >= 11 is 0. The van der Waals surface area contributed by atoms with Crippen LogP contribution in [0.3, 0.4) is 0 Å². The van der Waals surface area contributed by atoms with E-state index in [0.717, 1.165) is 43.5 Å². The number of rotatable bonds is 6. The number of carbonyl (C=O) groups excluding carboxylic acids is 1. The van der Waals surface area contributed by atoms with E-state index in [4.69, 9.17) is 0 Å². The predicted octanol–water partition coefficient (Wildman–Crippen LogP) is 1.95. The first-order valence-electron chi connectivity index (χ1n) is 9.48. The third-order valence-corrected chi connectivity index (χ3v) is 4.56. The maximum absolute atomic E-state index is 11.9. The molecule has 3 rings (SSSR count). The Kier molecular flexibility index (Phi) is 8.68. The summed E-state index contributed by atoms with van der Waals surface area (Å²) in [5.41, 5.74) is 1.01. The molecule has 1 saturated heterocycles. The molecule has 0 radical (unpaired) electrons. The summed E-state index contributed by atoms with van der Waals surface area (Å²) in [6.07, 6.45) is 3.18. The van der Waals surface area contributed by atoms with Gasteiger partial charge in [0.25, 0.3) is 0 Å². The molecule has 1 atom stereocenters. The van der Waals surface area contributed by atoms with Gasteiger partial charge in [-0.1, -0.05) is 25.1 Å². The van der Waals surface area contributed by atoms with Crippen LogP contribution in [-0.4, -0.2) is 57.2 Å². The lowest BCUT2D eigenvalue weighted by molar-refractivity contribution is -0.129. The first-order valence-corrected chi connectivity index (χ1v) is 9.48. The Morgan fingerprint density at radius 2 is 2.07 bits per heavy atom. The van der Waals surface area contributed by atoms with Crippen molar-refractivity contribution in [2.24, 2.45) is 4.99 Å². The summed E-state index contributed by atoms with van der Waals surface area (Å²) in [4.78, 5) is 18.4. The lowest BCUT2D eigenvalue weighted by Gasteiger charge is -2.18. The first kappa shape index (κ1) is 22.1. The maximum atomic E-state index is 11.9. The van der Waals surface area contributed by atoms with Crippen molar-refractivity contribution in [3.63, 3.8) is 0 Å². The summed E-state index contributed by atoms with van der Waals surface area (Å²) in [5, 5.41) is 14.9. The molecular formula is C19H28IN7O. The molecule has 9 heteroatoms. The number of aromatic nitrogens is 3. The molecule has 1 aromatic heterocycles. The highest BCUT2D eigenvalue weighted by molar-refractivity contribution is 14.0. The molecule has 8 nitrogen and oxygen atoms in total. The quantitative estimate of drug-likeness (QED) is 0.362. The molecule has 0 bridgehead atoms. The van der Waals surface area contributed by atoms with Crippen molar-refractivity contribution in [2.45, 2.75) is 39.3 Å². The van der Waals surface area contributed by atoms with Gasteiger partial charge >= 0.3 is 0 Å². The third kappa shape index (κ3) is 5.66. The van der Waals surface area contributed by atoms with Gasteiger partial charge in [0.15, 0.2) is 11.8 Å². The Hall–Kier alpha value is -2.17. The van der Waals surface area contributed by atoms with Gasteiger partial charge in [-0.25, -0.2) is 4.99 Å². The zero-order valence-corrected chi connectivity index (χ0v) is 18.7. The van der Waals surface area contributed by atoms with Crippen molar-refractivity contribution in [3.8, 4) is 5.69 Å². The van der Waals surface area contributed by atoms with Crippen molar-refractivity contribution >= 4 is 35.8 Å². The predicted molar refractivity (Wildman–Crippen MR) is 120 cm³/mol. The van der Waals surface area contributed by atoms with Crippen molar-refractivity contribution in [1.82, 2.24) is 30.3 Å². The van der Waals surface area contributed by atoms with Crippen molar-refractivity contribution < 1.29 is 4.79 Å². The van der Waals surface area contributed by atoms with E-state index in [1.165, 1.54) is 0 Å². The number of aliphatic imine (C=N–C) groups is 1. The summed E-state index contributed by atoms with van der Waals surface area (Å²) in [6, 6.07) is 10.2. The van der Waals surface area contributed by atoms with E-state index in [9.17, 15) is 4.79 Å². The van der Waals surface area contributed by atoms with Gasteiger partial charge < -0.3 is 15.5 Å². The van der Waals surface area contributed by atoms with Crippen LogP contribution in [0.1, 0.15) is 32.5 Å². The number of likely N-dealkylation sites (tertiary alicyclic amines) is 1. The molecule has 1 amide bonds. The van der Waals surface area contributed by atoms with Gasteiger partial charge in [-0.3, -0.25) is 9.36 Å². The monoisotopic (exact) mass is 497 g/mol. The van der Waals surface area contributed by atoms with E-state index in [2.05, 4.69) is 25.8 Å². The Bertz CT molecular complexity index is 778. The number of nitrogens with one attached hydrogen (secondary N) is 2. The van der Waals surface area contributed by atoms with E-state index in [1.54, 1.807) is 6.33 Å². The second-order valence-electron chi connectivity index (χ2n) is 6.47. The minimum absolute atomic E-state index is 0. The molecule has 1 fully saturated rings. The molecular weight excluding hydrogens is 469 g/mol. The lowest BCUT2D eigenvalue weighted by atomic mass is 10.3. The molecule has 2 aromatic rings. The number of hydrogen-bond acceptors (Lipinski definition) is 4. The summed E-state index contributed by atoms with van der Waals surface area (Å²) < 4.78 is 1.93. The van der Waals surface area contributed by atoms with Crippen LogP contribution >= 0.6 is 24.0 Å². The molecule has 152 valence electrons. The maximum Gasteiger partial charge on any atom is 0.222 e. The molecule has 1 aromatic carbocycles. The van der Waals surface area contributed by atoms with Crippen LogP contribution in [0.15, 0.2) is 41.7 Å². The molecule has 2 heterocycles. The minimum Gasteiger partial charge on any atom is -0.357 e. The Labute approximate surface area is 182 Å². The van der Waals surface area contributed by atoms with Gasteiger partial charge in [0.1, 0.15) is 12.9 Å². The Balaban J connectivity index is 0.00000280. The number of amides is 1. The smallest absolute Gasteiger partial charge is 0.222 e. The van der Waals surface area contributed by atoms with E-state index < -0.39 is 0 Å². The van der Waals surface area contributed by atoms with Gasteiger partial charge in [0, 0.05) is 37.8 Å². The second kappa shape index (κ2) is 11.0. The fraction of sp³-hybridized carbons (Fsp3) is 0.474. The molecule has 0 spiro atoms. The third-order valence-electron chi connectivity index (χ3n) is 4.56. The SMILES string of the molecule is CCNC(=NCc1nncn1-c1ccccc1)NC1CCN(C(=O)CC)C1.I. The lowest BCUT2D eigenvalue weighted by Crippen LogP contribution is -2.45. The van der Waals surface area contributed by atoms with Gasteiger partial charge in [-0.15, -0.1) is 34.2 Å². The van der Waals surface area contributed by atoms with Gasteiger partial charge in [-0.2, -0.15) is 0 Å². The molecule has 1 aliphatic rings. The average molecular weight is 497 g/mol. The fourth-order valence-corrected chi connectivity index (χ4v) is 3.16. The topological polar surface area (TPSA) is 87.4 Å². The van der Waals surface area contributed by atoms with Crippen molar-refractivity contribution in [1.29, 1.82) is 0 Å². The summed E-state index contributed by atoms with van der Waals surface area (Å²) in [7, 11) is 0. The van der Waals surface area contributed by atoms with Crippen molar-refractivity contribution in [2.75, 3.05) is 19.6 Å². The zero-order valence-electron chi connectivity index (χ0n) is 16.3. The molecule has 28 heavy (non-hydrogen) atoms. The first-order chi connectivity index (χ1) is 13.2. The largest absolute Gasteiger partial charge is 0.357 e. The van der Waals surface area contributed by atoms with Crippen LogP contribution < -0.4 is 10.6 Å². The zero-order chi connectivity index (χ0) is 19.1. The number of halogens is 1. The van der Waals surface area contributed by atoms with E-state index in [-0.39, 0.29) is 35.9 Å². The Morgan fingerprint density at radius 3 is 2.79 bits per heavy atom. The van der Waals surface area contributed by atoms with E-state index >= 15 is 0 Å². The molecule has 0 aliphatic carbocycles. The van der Waals surface area contributed by atoms with E-state index in [0.29, 0.717) is 13.0 Å².